The molecule has 0 aromatic heterocycles. The molecule has 6 heteroatoms. The van der Waals surface area contributed by atoms with Crippen LogP contribution in [0.25, 0.3) is 0 Å². The van der Waals surface area contributed by atoms with Gasteiger partial charge in [0.15, 0.2) is 0 Å². The Morgan fingerprint density at radius 1 is 1.36 bits per heavy atom. The second kappa shape index (κ2) is 7.89. The Labute approximate surface area is 129 Å². The summed E-state index contributed by atoms with van der Waals surface area (Å²) >= 11 is 0. The Bertz CT molecular complexity index is 513. The van der Waals surface area contributed by atoms with E-state index in [1.807, 2.05) is 6.92 Å². The summed E-state index contributed by atoms with van der Waals surface area (Å²) in [4.78, 5) is 25.8. The van der Waals surface area contributed by atoms with E-state index in [2.05, 4.69) is 5.32 Å². The highest BCUT2D eigenvalue weighted by molar-refractivity contribution is 5.96. The Kier molecular flexibility index (Phi) is 5.89. The summed E-state index contributed by atoms with van der Waals surface area (Å²) in [5, 5.41) is 2.57. The Balaban J connectivity index is 1.82. The molecule has 2 amide bonds. The first-order valence-corrected chi connectivity index (χ1v) is 7.49. The van der Waals surface area contributed by atoms with E-state index in [9.17, 15) is 14.0 Å². The number of benzene rings is 1. The maximum Gasteiger partial charge on any atom is 0.251 e. The van der Waals surface area contributed by atoms with Gasteiger partial charge in [0.2, 0.25) is 5.91 Å². The molecule has 1 aliphatic rings. The molecule has 0 saturated carbocycles. The fraction of sp³-hybridized carbons (Fsp3) is 0.500. The van der Waals surface area contributed by atoms with Gasteiger partial charge in [0.1, 0.15) is 5.82 Å². The molecular weight excluding hydrogens is 287 g/mol. The van der Waals surface area contributed by atoms with Gasteiger partial charge in [-0.1, -0.05) is 0 Å². The van der Waals surface area contributed by atoms with E-state index >= 15 is 0 Å². The lowest BCUT2D eigenvalue weighted by molar-refractivity contribution is -0.130. The normalized spacial score (nSPS) is 17.3. The summed E-state index contributed by atoms with van der Waals surface area (Å²) in [6.45, 7) is 4.54. The zero-order valence-electron chi connectivity index (χ0n) is 12.7. The molecule has 1 fully saturated rings. The van der Waals surface area contributed by atoms with Crippen LogP contribution in [-0.4, -0.2) is 49.6 Å². The molecular formula is C16H21FN2O3. The average Bonchev–Trinajstić information content (AvgIpc) is 3.03. The van der Waals surface area contributed by atoms with Crippen molar-refractivity contribution in [2.75, 3.05) is 32.8 Å². The van der Waals surface area contributed by atoms with E-state index < -0.39 is 5.82 Å². The van der Waals surface area contributed by atoms with Gasteiger partial charge < -0.3 is 15.0 Å². The number of hydrogen-bond donors (Lipinski definition) is 1. The standard InChI is InChI=1S/C16H21FN2O3/c1-2-19(10-12-7-8-22-11-12)15(20)9-18-16(21)13-3-5-14(17)6-4-13/h3-6,12H,2,7-11H2,1H3,(H,18,21)/t12-/m1/s1. The smallest absolute Gasteiger partial charge is 0.251 e. The molecule has 1 N–H and O–H groups in total. The molecule has 1 atom stereocenters. The van der Waals surface area contributed by atoms with Crippen molar-refractivity contribution in [1.29, 1.82) is 0 Å². The number of likely N-dealkylation sites (N-methyl/N-ethyl adjacent to an activating group) is 1. The molecule has 0 aliphatic carbocycles. The van der Waals surface area contributed by atoms with Crippen LogP contribution < -0.4 is 5.32 Å². The van der Waals surface area contributed by atoms with Crippen molar-refractivity contribution in [2.45, 2.75) is 13.3 Å². The van der Waals surface area contributed by atoms with Crippen LogP contribution in [0.4, 0.5) is 4.39 Å². The lowest BCUT2D eigenvalue weighted by Crippen LogP contribution is -2.42. The van der Waals surface area contributed by atoms with Crippen molar-refractivity contribution < 1.29 is 18.7 Å². The predicted molar refractivity (Wildman–Crippen MR) is 79.9 cm³/mol. The first kappa shape index (κ1) is 16.4. The largest absolute Gasteiger partial charge is 0.381 e. The molecule has 0 bridgehead atoms. The highest BCUT2D eigenvalue weighted by atomic mass is 19.1. The Morgan fingerprint density at radius 2 is 2.09 bits per heavy atom. The SMILES string of the molecule is CCN(C[C@H]1CCOC1)C(=O)CNC(=O)c1ccc(F)cc1. The summed E-state index contributed by atoms with van der Waals surface area (Å²) < 4.78 is 18.1. The van der Waals surface area contributed by atoms with Gasteiger partial charge in [0.05, 0.1) is 13.2 Å². The number of carbonyl (C=O) groups excluding carboxylic acids is 2. The molecule has 5 nitrogen and oxygen atoms in total. The van der Waals surface area contributed by atoms with E-state index in [0.29, 0.717) is 31.2 Å². The lowest BCUT2D eigenvalue weighted by atomic mass is 10.1. The van der Waals surface area contributed by atoms with Crippen LogP contribution in [0.5, 0.6) is 0 Å². The van der Waals surface area contributed by atoms with Crippen LogP contribution in [0.15, 0.2) is 24.3 Å². The number of halogens is 1. The number of ether oxygens (including phenoxy) is 1. The summed E-state index contributed by atoms with van der Waals surface area (Å²) in [5.74, 6) is -0.529. The third-order valence-electron chi connectivity index (χ3n) is 3.74. The lowest BCUT2D eigenvalue weighted by Gasteiger charge is -2.23. The van der Waals surface area contributed by atoms with Crippen LogP contribution in [0, 0.1) is 11.7 Å². The molecule has 1 saturated heterocycles. The van der Waals surface area contributed by atoms with E-state index in [1.54, 1.807) is 4.90 Å². The number of rotatable bonds is 6. The summed E-state index contributed by atoms with van der Waals surface area (Å²) in [6.07, 6.45) is 0.964. The highest BCUT2D eigenvalue weighted by Gasteiger charge is 2.21. The minimum atomic E-state index is -0.399. The van der Waals surface area contributed by atoms with E-state index in [-0.39, 0.29) is 18.4 Å². The van der Waals surface area contributed by atoms with Crippen LogP contribution in [-0.2, 0) is 9.53 Å². The van der Waals surface area contributed by atoms with Crippen molar-refractivity contribution in [3.05, 3.63) is 35.6 Å². The van der Waals surface area contributed by atoms with Crippen LogP contribution in [0.3, 0.4) is 0 Å². The third-order valence-corrected chi connectivity index (χ3v) is 3.74. The van der Waals surface area contributed by atoms with E-state index in [1.165, 1.54) is 24.3 Å². The number of nitrogens with one attached hydrogen (secondary N) is 1. The van der Waals surface area contributed by atoms with Crippen LogP contribution >= 0.6 is 0 Å². The monoisotopic (exact) mass is 308 g/mol. The van der Waals surface area contributed by atoms with Gasteiger partial charge in [-0.2, -0.15) is 0 Å². The predicted octanol–water partition coefficient (Wildman–Crippen LogP) is 1.44. The topological polar surface area (TPSA) is 58.6 Å². The molecule has 2 rings (SSSR count). The van der Waals surface area contributed by atoms with Gasteiger partial charge in [-0.3, -0.25) is 9.59 Å². The van der Waals surface area contributed by atoms with Crippen molar-refractivity contribution >= 4 is 11.8 Å². The fourth-order valence-electron chi connectivity index (χ4n) is 2.42. The minimum Gasteiger partial charge on any atom is -0.381 e. The number of nitrogens with zero attached hydrogens (tertiary/aromatic N) is 1. The van der Waals surface area contributed by atoms with Crippen molar-refractivity contribution in [2.24, 2.45) is 5.92 Å². The Morgan fingerprint density at radius 3 is 2.68 bits per heavy atom. The fourth-order valence-corrected chi connectivity index (χ4v) is 2.42. The minimum absolute atomic E-state index is 0.0579. The highest BCUT2D eigenvalue weighted by Crippen LogP contribution is 2.13. The zero-order chi connectivity index (χ0) is 15.9. The number of carbonyl (C=O) groups is 2. The first-order chi connectivity index (χ1) is 10.6. The summed E-state index contributed by atoms with van der Waals surface area (Å²) in [5.41, 5.74) is 0.335. The molecule has 0 unspecified atom stereocenters. The van der Waals surface area contributed by atoms with Gasteiger partial charge in [-0.15, -0.1) is 0 Å². The molecule has 22 heavy (non-hydrogen) atoms. The van der Waals surface area contributed by atoms with Gasteiger partial charge in [-0.05, 0) is 37.6 Å². The third kappa shape index (κ3) is 4.53. The molecule has 1 aliphatic heterocycles. The van der Waals surface area contributed by atoms with E-state index in [4.69, 9.17) is 4.74 Å². The van der Waals surface area contributed by atoms with Gasteiger partial charge in [0, 0.05) is 31.2 Å². The second-order valence-electron chi connectivity index (χ2n) is 5.35. The quantitative estimate of drug-likeness (QED) is 0.865. The summed E-state index contributed by atoms with van der Waals surface area (Å²) in [7, 11) is 0. The Hall–Kier alpha value is -1.95. The van der Waals surface area contributed by atoms with Gasteiger partial charge in [0.25, 0.3) is 5.91 Å². The number of amides is 2. The average molecular weight is 308 g/mol. The van der Waals surface area contributed by atoms with Gasteiger partial charge in [-0.25, -0.2) is 4.39 Å². The molecule has 0 radical (unpaired) electrons. The van der Waals surface area contributed by atoms with Crippen LogP contribution in [0.1, 0.15) is 23.7 Å². The maximum atomic E-state index is 12.8. The first-order valence-electron chi connectivity index (χ1n) is 7.49. The molecule has 120 valence electrons. The maximum absolute atomic E-state index is 12.8. The van der Waals surface area contributed by atoms with Crippen molar-refractivity contribution in [1.82, 2.24) is 10.2 Å². The van der Waals surface area contributed by atoms with Crippen molar-refractivity contribution in [3.8, 4) is 0 Å². The van der Waals surface area contributed by atoms with E-state index in [0.717, 1.165) is 13.0 Å². The second-order valence-corrected chi connectivity index (χ2v) is 5.35. The zero-order valence-corrected chi connectivity index (χ0v) is 12.7. The molecule has 1 aromatic rings. The number of hydrogen-bond acceptors (Lipinski definition) is 3. The molecule has 0 spiro atoms. The molecule has 1 heterocycles. The van der Waals surface area contributed by atoms with Gasteiger partial charge >= 0.3 is 0 Å². The molecule has 1 aromatic carbocycles. The van der Waals surface area contributed by atoms with Crippen molar-refractivity contribution in [3.63, 3.8) is 0 Å². The summed E-state index contributed by atoms with van der Waals surface area (Å²) in [6, 6.07) is 5.22. The van der Waals surface area contributed by atoms with Crippen LogP contribution in [0.2, 0.25) is 0 Å².